The van der Waals surface area contributed by atoms with E-state index in [0.29, 0.717) is 0 Å². The van der Waals surface area contributed by atoms with Crippen molar-refractivity contribution in [3.05, 3.63) is 12.4 Å². The summed E-state index contributed by atoms with van der Waals surface area (Å²) in [6.07, 6.45) is 6.60. The van der Waals surface area contributed by atoms with Crippen LogP contribution in [-0.2, 0) is 6.54 Å². The van der Waals surface area contributed by atoms with Crippen LogP contribution < -0.4 is 5.32 Å². The minimum Gasteiger partial charge on any atom is -0.317 e. The molecular weight excluding hydrogens is 214 g/mol. The van der Waals surface area contributed by atoms with Gasteiger partial charge in [-0.25, -0.2) is 0 Å². The highest BCUT2D eigenvalue weighted by molar-refractivity contribution is 4.91. The van der Waals surface area contributed by atoms with Crippen molar-refractivity contribution in [1.82, 2.24) is 20.3 Å². The van der Waals surface area contributed by atoms with Gasteiger partial charge in [0.2, 0.25) is 0 Å². The maximum absolute atomic E-state index is 8.85. The summed E-state index contributed by atoms with van der Waals surface area (Å²) in [4.78, 5) is 0. The third-order valence-electron chi connectivity index (χ3n) is 2.67. The van der Waals surface area contributed by atoms with Crippen LogP contribution >= 0.6 is 0 Å². The van der Waals surface area contributed by atoms with Crippen LogP contribution in [0, 0.1) is 16.7 Å². The highest BCUT2D eigenvalue weighted by atomic mass is 15.4. The summed E-state index contributed by atoms with van der Waals surface area (Å²) < 4.78 is 1.83. The molecule has 0 saturated heterocycles. The van der Waals surface area contributed by atoms with Gasteiger partial charge in [0.1, 0.15) is 0 Å². The lowest BCUT2D eigenvalue weighted by Crippen LogP contribution is -2.20. The number of nitrogens with zero attached hydrogens (tertiary/aromatic N) is 4. The Hall–Kier alpha value is -1.41. The molecule has 0 unspecified atom stereocenters. The van der Waals surface area contributed by atoms with Crippen LogP contribution in [0.1, 0.15) is 33.1 Å². The van der Waals surface area contributed by atoms with Crippen LogP contribution in [0.5, 0.6) is 0 Å². The molecule has 0 saturated carbocycles. The lowest BCUT2D eigenvalue weighted by Gasteiger charge is -2.14. The van der Waals surface area contributed by atoms with Gasteiger partial charge < -0.3 is 5.32 Å². The van der Waals surface area contributed by atoms with E-state index in [1.165, 1.54) is 0 Å². The molecule has 0 radical (unpaired) electrons. The Morgan fingerprint density at radius 3 is 2.76 bits per heavy atom. The van der Waals surface area contributed by atoms with E-state index >= 15 is 0 Å². The molecule has 17 heavy (non-hydrogen) atoms. The minimum absolute atomic E-state index is 0.192. The monoisotopic (exact) mass is 235 g/mol. The van der Waals surface area contributed by atoms with Crippen molar-refractivity contribution < 1.29 is 0 Å². The standard InChI is InChI=1S/C12H21N5/c1-12(2,11-13)5-3-6-14-7-4-9-17-10-8-15-16-17/h8,10,14H,3-7,9H2,1-2H3. The van der Waals surface area contributed by atoms with Gasteiger partial charge >= 0.3 is 0 Å². The zero-order valence-corrected chi connectivity index (χ0v) is 10.7. The molecule has 1 aromatic heterocycles. The van der Waals surface area contributed by atoms with E-state index in [9.17, 15) is 0 Å². The van der Waals surface area contributed by atoms with Crippen molar-refractivity contribution in [3.63, 3.8) is 0 Å². The molecule has 5 nitrogen and oxygen atoms in total. The predicted molar refractivity (Wildman–Crippen MR) is 66.1 cm³/mol. The van der Waals surface area contributed by atoms with E-state index in [1.807, 2.05) is 24.7 Å². The molecule has 0 aliphatic rings. The summed E-state index contributed by atoms with van der Waals surface area (Å²) >= 11 is 0. The second-order valence-corrected chi connectivity index (χ2v) is 4.87. The van der Waals surface area contributed by atoms with E-state index in [1.54, 1.807) is 6.20 Å². The molecule has 0 spiro atoms. The van der Waals surface area contributed by atoms with Crippen LogP contribution in [0.2, 0.25) is 0 Å². The molecular formula is C12H21N5. The van der Waals surface area contributed by atoms with E-state index in [-0.39, 0.29) is 5.41 Å². The molecule has 1 rings (SSSR count). The largest absolute Gasteiger partial charge is 0.317 e. The molecule has 0 aliphatic heterocycles. The molecule has 94 valence electrons. The first kappa shape index (κ1) is 13.7. The minimum atomic E-state index is -0.192. The number of aromatic nitrogens is 3. The molecule has 0 atom stereocenters. The van der Waals surface area contributed by atoms with Crippen molar-refractivity contribution in [2.45, 2.75) is 39.7 Å². The number of nitrogens with one attached hydrogen (secondary N) is 1. The Labute approximate surface area is 103 Å². The van der Waals surface area contributed by atoms with Crippen LogP contribution in [0.3, 0.4) is 0 Å². The summed E-state index contributed by atoms with van der Waals surface area (Å²) in [6, 6.07) is 2.32. The second kappa shape index (κ2) is 7.02. The quantitative estimate of drug-likeness (QED) is 0.695. The smallest absolute Gasteiger partial charge is 0.0692 e. The Kier molecular flexibility index (Phi) is 5.64. The number of aryl methyl sites for hydroxylation is 1. The SMILES string of the molecule is CC(C)(C#N)CCCNCCCn1ccnn1. The fourth-order valence-electron chi connectivity index (χ4n) is 1.55. The summed E-state index contributed by atoms with van der Waals surface area (Å²) in [6.45, 7) is 6.82. The van der Waals surface area contributed by atoms with Gasteiger partial charge in [0, 0.05) is 12.7 Å². The first-order valence-electron chi connectivity index (χ1n) is 6.10. The van der Waals surface area contributed by atoms with E-state index in [2.05, 4.69) is 21.7 Å². The molecule has 5 heteroatoms. The van der Waals surface area contributed by atoms with Crippen molar-refractivity contribution >= 4 is 0 Å². The summed E-state index contributed by atoms with van der Waals surface area (Å²) in [5.74, 6) is 0. The third kappa shape index (κ3) is 6.03. The molecule has 0 amide bonds. The van der Waals surface area contributed by atoms with Gasteiger partial charge in [0.05, 0.1) is 17.7 Å². The van der Waals surface area contributed by atoms with Crippen LogP contribution in [0.15, 0.2) is 12.4 Å². The normalized spacial score (nSPS) is 11.4. The van der Waals surface area contributed by atoms with Crippen molar-refractivity contribution in [2.75, 3.05) is 13.1 Å². The van der Waals surface area contributed by atoms with Crippen LogP contribution in [0.4, 0.5) is 0 Å². The number of rotatable bonds is 8. The average molecular weight is 235 g/mol. The molecule has 1 aromatic rings. The van der Waals surface area contributed by atoms with E-state index in [4.69, 9.17) is 5.26 Å². The Morgan fingerprint density at radius 2 is 2.12 bits per heavy atom. The first-order valence-corrected chi connectivity index (χ1v) is 6.10. The maximum Gasteiger partial charge on any atom is 0.0692 e. The highest BCUT2D eigenvalue weighted by Gasteiger charge is 2.14. The zero-order valence-electron chi connectivity index (χ0n) is 10.7. The van der Waals surface area contributed by atoms with E-state index < -0.39 is 0 Å². The molecule has 0 bridgehead atoms. The van der Waals surface area contributed by atoms with Gasteiger partial charge in [0.15, 0.2) is 0 Å². The lowest BCUT2D eigenvalue weighted by molar-refractivity contribution is 0.423. The van der Waals surface area contributed by atoms with Crippen molar-refractivity contribution in [3.8, 4) is 6.07 Å². The number of hydrogen-bond acceptors (Lipinski definition) is 4. The van der Waals surface area contributed by atoms with E-state index in [0.717, 1.165) is 38.9 Å². The van der Waals surface area contributed by atoms with Gasteiger partial charge in [-0.05, 0) is 46.2 Å². The Bertz CT molecular complexity index is 336. The molecule has 0 fully saturated rings. The predicted octanol–water partition coefficient (Wildman–Crippen LogP) is 1.59. The van der Waals surface area contributed by atoms with Crippen molar-refractivity contribution in [1.29, 1.82) is 5.26 Å². The van der Waals surface area contributed by atoms with Crippen molar-refractivity contribution in [2.24, 2.45) is 5.41 Å². The van der Waals surface area contributed by atoms with Crippen LogP contribution in [0.25, 0.3) is 0 Å². The maximum atomic E-state index is 8.85. The lowest BCUT2D eigenvalue weighted by atomic mass is 9.90. The number of hydrogen-bond donors (Lipinski definition) is 1. The van der Waals surface area contributed by atoms with Gasteiger partial charge in [-0.1, -0.05) is 5.21 Å². The molecule has 0 aromatic carbocycles. The fourth-order valence-corrected chi connectivity index (χ4v) is 1.55. The zero-order chi connectivity index (χ0) is 12.6. The summed E-state index contributed by atoms with van der Waals surface area (Å²) in [5, 5.41) is 19.9. The second-order valence-electron chi connectivity index (χ2n) is 4.87. The molecule has 0 aliphatic carbocycles. The Morgan fingerprint density at radius 1 is 1.35 bits per heavy atom. The Balaban J connectivity index is 1.93. The average Bonchev–Trinajstić information content (AvgIpc) is 2.81. The molecule has 1 heterocycles. The highest BCUT2D eigenvalue weighted by Crippen LogP contribution is 2.19. The topological polar surface area (TPSA) is 66.5 Å². The molecule has 1 N–H and O–H groups in total. The summed E-state index contributed by atoms with van der Waals surface area (Å²) in [7, 11) is 0. The van der Waals surface area contributed by atoms with Gasteiger partial charge in [-0.3, -0.25) is 4.68 Å². The van der Waals surface area contributed by atoms with Gasteiger partial charge in [-0.2, -0.15) is 5.26 Å². The summed E-state index contributed by atoms with van der Waals surface area (Å²) in [5.41, 5.74) is -0.192. The number of nitriles is 1. The fraction of sp³-hybridized carbons (Fsp3) is 0.750. The first-order chi connectivity index (χ1) is 8.14. The van der Waals surface area contributed by atoms with Gasteiger partial charge in [-0.15, -0.1) is 5.10 Å². The van der Waals surface area contributed by atoms with Crippen LogP contribution in [-0.4, -0.2) is 28.1 Å². The third-order valence-corrected chi connectivity index (χ3v) is 2.67. The van der Waals surface area contributed by atoms with Gasteiger partial charge in [0.25, 0.3) is 0 Å².